The molecule has 0 amide bonds. The Hall–Kier alpha value is -3.04. The Morgan fingerprint density at radius 2 is 2.14 bits per heavy atom. The summed E-state index contributed by atoms with van der Waals surface area (Å²) in [6.45, 7) is 2.31. The number of nitrogens with zero attached hydrogens (tertiary/aromatic N) is 5. The average Bonchev–Trinajstić information content (AvgIpc) is 3.47. The van der Waals surface area contributed by atoms with Gasteiger partial charge in [0.1, 0.15) is 23.6 Å². The van der Waals surface area contributed by atoms with Gasteiger partial charge in [-0.1, -0.05) is 17.3 Å². The van der Waals surface area contributed by atoms with Crippen molar-refractivity contribution in [1.82, 2.24) is 24.1 Å². The van der Waals surface area contributed by atoms with E-state index in [9.17, 15) is 9.90 Å². The molecule has 0 radical (unpaired) electrons. The zero-order valence-electron chi connectivity index (χ0n) is 15.3. The molecule has 5 rings (SSSR count). The summed E-state index contributed by atoms with van der Waals surface area (Å²) in [4.78, 5) is 22.2. The summed E-state index contributed by atoms with van der Waals surface area (Å²) in [7, 11) is 0. The maximum absolute atomic E-state index is 13.3. The molecule has 2 atom stereocenters. The fraction of sp³-hybridized carbons (Fsp3) is 0.368. The first-order valence-electron chi connectivity index (χ1n) is 9.25. The van der Waals surface area contributed by atoms with Crippen LogP contribution in [0.2, 0.25) is 0 Å². The quantitative estimate of drug-likeness (QED) is 0.577. The standard InChI is InChI=1S/C19H19N5O4/c1-11(9-25)24-13-6-3-2-5-12(13)23-10-20-15(16(23)19(24)26)17-21-18(28-22-17)14-7-4-8-27-14/h2-3,5-6,10-11,14,25H,4,7-9H2,1H3. The molecule has 9 heteroatoms. The van der Waals surface area contributed by atoms with Crippen molar-refractivity contribution >= 4 is 16.6 Å². The average molecular weight is 381 g/mol. The molecule has 4 aromatic rings. The number of hydrogen-bond acceptors (Lipinski definition) is 7. The van der Waals surface area contributed by atoms with Crippen LogP contribution in [-0.2, 0) is 4.74 Å². The summed E-state index contributed by atoms with van der Waals surface area (Å²) in [5, 5.41) is 13.7. The molecule has 1 aliphatic heterocycles. The van der Waals surface area contributed by atoms with E-state index in [0.29, 0.717) is 23.7 Å². The summed E-state index contributed by atoms with van der Waals surface area (Å²) in [6, 6.07) is 7.12. The Bertz CT molecular complexity index is 1220. The molecule has 1 N–H and O–H groups in total. The Balaban J connectivity index is 1.76. The Kier molecular flexibility index (Phi) is 3.99. The van der Waals surface area contributed by atoms with Gasteiger partial charge >= 0.3 is 0 Å². The van der Waals surface area contributed by atoms with Crippen LogP contribution < -0.4 is 5.56 Å². The van der Waals surface area contributed by atoms with Crippen LogP contribution in [0.15, 0.2) is 39.9 Å². The molecule has 4 heterocycles. The normalized spacial score (nSPS) is 18.3. The summed E-state index contributed by atoms with van der Waals surface area (Å²) < 4.78 is 14.3. The van der Waals surface area contributed by atoms with Crippen molar-refractivity contribution in [3.8, 4) is 11.5 Å². The number of imidazole rings is 1. The van der Waals surface area contributed by atoms with E-state index >= 15 is 0 Å². The number of rotatable bonds is 4. The van der Waals surface area contributed by atoms with Crippen LogP contribution in [-0.4, -0.2) is 42.4 Å². The van der Waals surface area contributed by atoms with Gasteiger partial charge in [0.25, 0.3) is 11.4 Å². The van der Waals surface area contributed by atoms with E-state index in [1.54, 1.807) is 22.2 Å². The number of para-hydroxylation sites is 2. The fourth-order valence-corrected chi connectivity index (χ4v) is 3.75. The Morgan fingerprint density at radius 3 is 2.89 bits per heavy atom. The van der Waals surface area contributed by atoms with Crippen molar-refractivity contribution in [2.45, 2.75) is 31.9 Å². The molecule has 2 unspecified atom stereocenters. The minimum Gasteiger partial charge on any atom is -0.394 e. The van der Waals surface area contributed by atoms with Crippen molar-refractivity contribution in [2.24, 2.45) is 0 Å². The molecule has 0 saturated carbocycles. The molecule has 1 aromatic carbocycles. The van der Waals surface area contributed by atoms with Gasteiger partial charge in [0, 0.05) is 6.61 Å². The zero-order valence-corrected chi connectivity index (χ0v) is 15.3. The van der Waals surface area contributed by atoms with Gasteiger partial charge in [0.2, 0.25) is 5.82 Å². The monoisotopic (exact) mass is 381 g/mol. The van der Waals surface area contributed by atoms with E-state index in [0.717, 1.165) is 23.9 Å². The highest BCUT2D eigenvalue weighted by atomic mass is 16.5. The molecule has 0 spiro atoms. The van der Waals surface area contributed by atoms with Crippen LogP contribution in [0.4, 0.5) is 0 Å². The third-order valence-corrected chi connectivity index (χ3v) is 5.15. The topological polar surface area (TPSA) is 108 Å². The van der Waals surface area contributed by atoms with Crippen molar-refractivity contribution in [1.29, 1.82) is 0 Å². The Labute approximate surface area is 159 Å². The van der Waals surface area contributed by atoms with E-state index in [-0.39, 0.29) is 24.1 Å². The number of benzene rings is 1. The number of aromatic nitrogens is 5. The van der Waals surface area contributed by atoms with Gasteiger partial charge in [-0.2, -0.15) is 4.98 Å². The molecule has 1 saturated heterocycles. The lowest BCUT2D eigenvalue weighted by molar-refractivity contribution is 0.0835. The first kappa shape index (κ1) is 17.1. The number of hydrogen-bond donors (Lipinski definition) is 1. The fourth-order valence-electron chi connectivity index (χ4n) is 3.75. The van der Waals surface area contributed by atoms with E-state index < -0.39 is 6.04 Å². The van der Waals surface area contributed by atoms with Gasteiger partial charge in [-0.3, -0.25) is 13.8 Å². The first-order valence-corrected chi connectivity index (χ1v) is 9.25. The first-order chi connectivity index (χ1) is 13.7. The number of aliphatic hydroxyl groups excluding tert-OH is 1. The number of ether oxygens (including phenoxy) is 1. The predicted molar refractivity (Wildman–Crippen MR) is 100.0 cm³/mol. The van der Waals surface area contributed by atoms with Crippen molar-refractivity contribution in [2.75, 3.05) is 13.2 Å². The highest BCUT2D eigenvalue weighted by molar-refractivity contribution is 5.83. The highest BCUT2D eigenvalue weighted by Gasteiger charge is 2.26. The van der Waals surface area contributed by atoms with Crippen LogP contribution in [0, 0.1) is 0 Å². The molecule has 1 fully saturated rings. The minimum atomic E-state index is -0.391. The summed E-state index contributed by atoms with van der Waals surface area (Å²) in [6.07, 6.45) is 3.16. The van der Waals surface area contributed by atoms with Crippen LogP contribution >= 0.6 is 0 Å². The van der Waals surface area contributed by atoms with Gasteiger partial charge < -0.3 is 14.4 Å². The smallest absolute Gasteiger partial charge is 0.278 e. The van der Waals surface area contributed by atoms with Gasteiger partial charge in [-0.05, 0) is 31.9 Å². The summed E-state index contributed by atoms with van der Waals surface area (Å²) >= 11 is 0. The van der Waals surface area contributed by atoms with Crippen LogP contribution in [0.5, 0.6) is 0 Å². The zero-order chi connectivity index (χ0) is 19.3. The molecule has 9 nitrogen and oxygen atoms in total. The van der Waals surface area contributed by atoms with Gasteiger partial charge in [-0.25, -0.2) is 4.98 Å². The maximum atomic E-state index is 13.3. The van der Waals surface area contributed by atoms with E-state index in [1.807, 2.05) is 24.3 Å². The molecular weight excluding hydrogens is 362 g/mol. The molecule has 0 aliphatic carbocycles. The number of aliphatic hydroxyl groups is 1. The third kappa shape index (κ3) is 2.47. The summed E-state index contributed by atoms with van der Waals surface area (Å²) in [5.74, 6) is 0.655. The minimum absolute atomic E-state index is 0.158. The maximum Gasteiger partial charge on any atom is 0.278 e. The van der Waals surface area contributed by atoms with Crippen molar-refractivity contribution in [3.05, 3.63) is 46.8 Å². The molecular formula is C19H19N5O4. The number of fused-ring (bicyclic) bond motifs is 3. The second-order valence-electron chi connectivity index (χ2n) is 6.97. The second kappa shape index (κ2) is 6.54. The second-order valence-corrected chi connectivity index (χ2v) is 6.97. The lowest BCUT2D eigenvalue weighted by Gasteiger charge is -2.17. The SMILES string of the molecule is CC(CO)n1c(=O)c2c(-c3noc(C4CCCO4)n3)ncn2c2ccccc21. The van der Waals surface area contributed by atoms with E-state index in [2.05, 4.69) is 15.1 Å². The molecule has 28 heavy (non-hydrogen) atoms. The molecule has 144 valence electrons. The lowest BCUT2D eigenvalue weighted by Crippen LogP contribution is -2.27. The van der Waals surface area contributed by atoms with E-state index in [1.165, 1.54) is 0 Å². The highest BCUT2D eigenvalue weighted by Crippen LogP contribution is 2.29. The Morgan fingerprint density at radius 1 is 1.32 bits per heavy atom. The van der Waals surface area contributed by atoms with Crippen molar-refractivity contribution in [3.63, 3.8) is 0 Å². The lowest BCUT2D eigenvalue weighted by atomic mass is 10.2. The van der Waals surface area contributed by atoms with Gasteiger partial charge in [0.05, 0.1) is 23.7 Å². The molecule has 0 bridgehead atoms. The van der Waals surface area contributed by atoms with Crippen LogP contribution in [0.1, 0.15) is 37.8 Å². The summed E-state index contributed by atoms with van der Waals surface area (Å²) in [5.41, 5.74) is 1.95. The van der Waals surface area contributed by atoms with E-state index in [4.69, 9.17) is 9.26 Å². The van der Waals surface area contributed by atoms with Gasteiger partial charge in [0.15, 0.2) is 0 Å². The van der Waals surface area contributed by atoms with Crippen LogP contribution in [0.25, 0.3) is 28.1 Å². The predicted octanol–water partition coefficient (Wildman–Crippen LogP) is 2.10. The van der Waals surface area contributed by atoms with Crippen LogP contribution in [0.3, 0.4) is 0 Å². The largest absolute Gasteiger partial charge is 0.394 e. The molecule has 1 aliphatic rings. The molecule has 3 aromatic heterocycles. The van der Waals surface area contributed by atoms with Gasteiger partial charge in [-0.15, -0.1) is 0 Å². The van der Waals surface area contributed by atoms with Crippen molar-refractivity contribution < 1.29 is 14.4 Å². The third-order valence-electron chi connectivity index (χ3n) is 5.15.